The van der Waals surface area contributed by atoms with Gasteiger partial charge in [0.25, 0.3) is 0 Å². The molecule has 2 aromatic rings. The van der Waals surface area contributed by atoms with E-state index in [1.54, 1.807) is 12.3 Å². The number of carboxylic acid groups (broad SMARTS) is 1. The molecule has 0 spiro atoms. The first-order valence-electron chi connectivity index (χ1n) is 6.48. The Kier molecular flexibility index (Phi) is 3.42. The van der Waals surface area contributed by atoms with Gasteiger partial charge in [0.1, 0.15) is 11.9 Å². The van der Waals surface area contributed by atoms with Crippen molar-refractivity contribution in [3.05, 3.63) is 35.8 Å². The molecule has 1 aromatic heterocycles. The van der Waals surface area contributed by atoms with Gasteiger partial charge in [-0.1, -0.05) is 0 Å². The first kappa shape index (κ1) is 13.1. The van der Waals surface area contributed by atoms with Gasteiger partial charge < -0.3 is 14.8 Å². The van der Waals surface area contributed by atoms with Crippen LogP contribution >= 0.6 is 0 Å². The third kappa shape index (κ3) is 2.28. The van der Waals surface area contributed by atoms with Crippen LogP contribution in [0.3, 0.4) is 0 Å². The molecule has 0 saturated carbocycles. The Morgan fingerprint density at radius 1 is 1.40 bits per heavy atom. The van der Waals surface area contributed by atoms with E-state index in [-0.39, 0.29) is 5.82 Å². The van der Waals surface area contributed by atoms with Crippen molar-refractivity contribution in [1.29, 1.82) is 0 Å². The van der Waals surface area contributed by atoms with Crippen LogP contribution in [0.4, 0.5) is 4.39 Å². The second-order valence-corrected chi connectivity index (χ2v) is 4.82. The fraction of sp³-hybridized carbons (Fsp3) is 0.357. The molecule has 0 amide bonds. The lowest BCUT2D eigenvalue weighted by Gasteiger charge is -2.31. The first-order valence-corrected chi connectivity index (χ1v) is 6.48. The van der Waals surface area contributed by atoms with Crippen LogP contribution in [-0.4, -0.2) is 47.3 Å². The molecule has 5 nitrogen and oxygen atoms in total. The zero-order valence-corrected chi connectivity index (χ0v) is 10.8. The maximum absolute atomic E-state index is 13.2. The van der Waals surface area contributed by atoms with Gasteiger partial charge >= 0.3 is 5.97 Å². The summed E-state index contributed by atoms with van der Waals surface area (Å²) in [6.45, 7) is 2.21. The quantitative estimate of drug-likeness (QED) is 0.898. The summed E-state index contributed by atoms with van der Waals surface area (Å²) in [5, 5.41) is 10.3. The number of H-pyrrole nitrogens is 1. The fourth-order valence-electron chi connectivity index (χ4n) is 2.67. The number of aromatic amines is 1. The second kappa shape index (κ2) is 5.22. The largest absolute Gasteiger partial charge is 0.480 e. The molecule has 2 heterocycles. The van der Waals surface area contributed by atoms with E-state index in [0.29, 0.717) is 37.4 Å². The normalized spacial score (nSPS) is 18.2. The van der Waals surface area contributed by atoms with Crippen LogP contribution in [-0.2, 0) is 9.53 Å². The summed E-state index contributed by atoms with van der Waals surface area (Å²) in [6, 6.07) is 3.60. The van der Waals surface area contributed by atoms with Gasteiger partial charge in [-0.15, -0.1) is 0 Å². The number of hydrogen-bond acceptors (Lipinski definition) is 3. The number of aromatic nitrogens is 1. The van der Waals surface area contributed by atoms with E-state index < -0.39 is 12.0 Å². The maximum atomic E-state index is 13.2. The minimum atomic E-state index is -0.905. The number of rotatable bonds is 3. The fourth-order valence-corrected chi connectivity index (χ4v) is 2.67. The van der Waals surface area contributed by atoms with Gasteiger partial charge in [0, 0.05) is 35.8 Å². The summed E-state index contributed by atoms with van der Waals surface area (Å²) < 4.78 is 18.5. The molecule has 20 heavy (non-hydrogen) atoms. The first-order chi connectivity index (χ1) is 9.66. The summed E-state index contributed by atoms with van der Waals surface area (Å²) in [6.07, 6.45) is 1.65. The van der Waals surface area contributed by atoms with Crippen LogP contribution in [0.2, 0.25) is 0 Å². The predicted molar refractivity (Wildman–Crippen MR) is 71.0 cm³/mol. The number of ether oxygens (including phenoxy) is 1. The average Bonchev–Trinajstić information content (AvgIpc) is 2.83. The van der Waals surface area contributed by atoms with Gasteiger partial charge in [0.05, 0.1) is 13.2 Å². The molecule has 3 rings (SSSR count). The molecule has 0 unspecified atom stereocenters. The Morgan fingerprint density at radius 2 is 2.15 bits per heavy atom. The zero-order chi connectivity index (χ0) is 14.1. The van der Waals surface area contributed by atoms with Crippen molar-refractivity contribution in [3.8, 4) is 0 Å². The lowest BCUT2D eigenvalue weighted by atomic mass is 10.0. The standard InChI is InChI=1S/C14H15FN2O3/c15-9-1-2-10-11(8-16-12(10)7-9)13(14(18)19)17-3-5-20-6-4-17/h1-2,7-8,13,16H,3-6H2,(H,18,19)/t13-/m1/s1. The van der Waals surface area contributed by atoms with Crippen LogP contribution < -0.4 is 0 Å². The van der Waals surface area contributed by atoms with Gasteiger partial charge in [-0.2, -0.15) is 0 Å². The Morgan fingerprint density at radius 3 is 2.85 bits per heavy atom. The van der Waals surface area contributed by atoms with E-state index in [1.165, 1.54) is 12.1 Å². The minimum absolute atomic E-state index is 0.343. The van der Waals surface area contributed by atoms with Crippen molar-refractivity contribution in [3.63, 3.8) is 0 Å². The van der Waals surface area contributed by atoms with E-state index in [4.69, 9.17) is 4.74 Å². The topological polar surface area (TPSA) is 65.6 Å². The third-order valence-electron chi connectivity index (χ3n) is 3.62. The number of fused-ring (bicyclic) bond motifs is 1. The number of aliphatic carboxylic acids is 1. The molecule has 2 N–H and O–H groups in total. The molecule has 6 heteroatoms. The van der Waals surface area contributed by atoms with Crippen LogP contribution in [0.15, 0.2) is 24.4 Å². The Labute approximate surface area is 115 Å². The van der Waals surface area contributed by atoms with Crippen molar-refractivity contribution >= 4 is 16.9 Å². The summed E-state index contributed by atoms with van der Waals surface area (Å²) in [4.78, 5) is 16.5. The zero-order valence-electron chi connectivity index (χ0n) is 10.8. The van der Waals surface area contributed by atoms with Gasteiger partial charge in [0.15, 0.2) is 0 Å². The monoisotopic (exact) mass is 278 g/mol. The molecule has 0 radical (unpaired) electrons. The number of morpholine rings is 1. The summed E-state index contributed by atoms with van der Waals surface area (Å²) in [5.74, 6) is -1.25. The highest BCUT2D eigenvalue weighted by Crippen LogP contribution is 2.29. The Bertz CT molecular complexity index is 634. The van der Waals surface area contributed by atoms with Gasteiger partial charge in [-0.3, -0.25) is 9.69 Å². The van der Waals surface area contributed by atoms with E-state index >= 15 is 0 Å². The molecule has 1 fully saturated rings. The highest BCUT2D eigenvalue weighted by molar-refractivity contribution is 5.89. The maximum Gasteiger partial charge on any atom is 0.325 e. The Balaban J connectivity index is 2.02. The molecule has 106 valence electrons. The molecule has 0 aliphatic carbocycles. The van der Waals surface area contributed by atoms with Crippen molar-refractivity contribution in [2.24, 2.45) is 0 Å². The summed E-state index contributed by atoms with van der Waals surface area (Å²) in [5.41, 5.74) is 1.27. The van der Waals surface area contributed by atoms with E-state index in [9.17, 15) is 14.3 Å². The van der Waals surface area contributed by atoms with Gasteiger partial charge in [-0.05, 0) is 18.2 Å². The van der Waals surface area contributed by atoms with Crippen molar-refractivity contribution in [2.75, 3.05) is 26.3 Å². The Hall–Kier alpha value is -1.92. The molecule has 1 atom stereocenters. The highest BCUT2D eigenvalue weighted by Gasteiger charge is 2.30. The summed E-state index contributed by atoms with van der Waals surface area (Å²) >= 11 is 0. The van der Waals surface area contributed by atoms with Crippen LogP contribution in [0.1, 0.15) is 11.6 Å². The molecule has 1 aliphatic heterocycles. The van der Waals surface area contributed by atoms with Gasteiger partial charge in [-0.25, -0.2) is 4.39 Å². The molecular formula is C14H15FN2O3. The van der Waals surface area contributed by atoms with E-state index in [1.807, 2.05) is 4.90 Å². The number of carbonyl (C=O) groups is 1. The number of nitrogens with one attached hydrogen (secondary N) is 1. The second-order valence-electron chi connectivity index (χ2n) is 4.82. The molecule has 1 saturated heterocycles. The number of carboxylic acids is 1. The van der Waals surface area contributed by atoms with E-state index in [0.717, 1.165) is 5.39 Å². The number of benzene rings is 1. The lowest BCUT2D eigenvalue weighted by molar-refractivity contribution is -0.145. The van der Waals surface area contributed by atoms with Crippen molar-refractivity contribution in [2.45, 2.75) is 6.04 Å². The SMILES string of the molecule is O=C(O)[C@@H](c1c[nH]c2cc(F)ccc12)N1CCOCC1. The van der Waals surface area contributed by atoms with E-state index in [2.05, 4.69) is 4.98 Å². The minimum Gasteiger partial charge on any atom is -0.480 e. The molecular weight excluding hydrogens is 263 g/mol. The van der Waals surface area contributed by atoms with Crippen LogP contribution in [0.25, 0.3) is 10.9 Å². The number of halogens is 1. The highest BCUT2D eigenvalue weighted by atomic mass is 19.1. The molecule has 1 aliphatic rings. The van der Waals surface area contributed by atoms with Crippen LogP contribution in [0, 0.1) is 5.82 Å². The number of nitrogens with zero attached hydrogens (tertiary/aromatic N) is 1. The number of hydrogen-bond donors (Lipinski definition) is 2. The third-order valence-corrected chi connectivity index (χ3v) is 3.62. The van der Waals surface area contributed by atoms with Crippen LogP contribution in [0.5, 0.6) is 0 Å². The van der Waals surface area contributed by atoms with Crippen molar-refractivity contribution in [1.82, 2.24) is 9.88 Å². The lowest BCUT2D eigenvalue weighted by Crippen LogP contribution is -2.42. The van der Waals surface area contributed by atoms with Crippen molar-refractivity contribution < 1.29 is 19.0 Å². The molecule has 1 aromatic carbocycles. The predicted octanol–water partition coefficient (Wildman–Crippen LogP) is 1.76. The average molecular weight is 278 g/mol. The summed E-state index contributed by atoms with van der Waals surface area (Å²) in [7, 11) is 0. The smallest absolute Gasteiger partial charge is 0.325 e. The van der Waals surface area contributed by atoms with Gasteiger partial charge in [0.2, 0.25) is 0 Å². The molecule has 0 bridgehead atoms.